The lowest BCUT2D eigenvalue weighted by molar-refractivity contribution is -0.141. The van der Waals surface area contributed by atoms with Gasteiger partial charge in [-0.25, -0.2) is 9.59 Å². The van der Waals surface area contributed by atoms with Gasteiger partial charge in [-0.1, -0.05) is 403 Å². The van der Waals surface area contributed by atoms with Crippen molar-refractivity contribution < 1.29 is 23.8 Å². The number of benzene rings is 11. The number of ether oxygens (including phenoxy) is 3. The summed E-state index contributed by atoms with van der Waals surface area (Å²) in [4.78, 5) is 23.4. The van der Waals surface area contributed by atoms with Gasteiger partial charge in [-0.2, -0.15) is 0 Å². The number of carbonyl (C=O) groups excluding carboxylic acids is 2. The Bertz CT molecular complexity index is 6370. The van der Waals surface area contributed by atoms with E-state index in [1.165, 1.54) is 343 Å². The van der Waals surface area contributed by atoms with Gasteiger partial charge < -0.3 is 27.9 Å². The molecule has 16 rings (SSSR count). The highest BCUT2D eigenvalue weighted by molar-refractivity contribution is 6.12. The second kappa shape index (κ2) is 50.5. The van der Waals surface area contributed by atoms with Gasteiger partial charge >= 0.3 is 11.9 Å². The molecule has 3 aromatic heterocycles. The first-order valence-electron chi connectivity index (χ1n) is 54.6. The summed E-state index contributed by atoms with van der Waals surface area (Å²) < 4.78 is 23.9. The maximum atomic E-state index is 11.7. The summed E-state index contributed by atoms with van der Waals surface area (Å²) in [5, 5.41) is 8.00. The zero-order valence-corrected chi connectivity index (χ0v) is 87.6. The maximum absolute atomic E-state index is 11.7. The van der Waals surface area contributed by atoms with Crippen LogP contribution in [0.2, 0.25) is 0 Å². The van der Waals surface area contributed by atoms with Crippen LogP contribution in [0.3, 0.4) is 0 Å². The molecule has 11 aromatic carbocycles. The molecule has 734 valence electrons. The number of nitrogens with zero attached hydrogens (tertiary/aromatic N) is 3. The molecule has 2 aliphatic rings. The third-order valence-electron chi connectivity index (χ3n) is 31.2. The number of hydrogen-bond acceptors (Lipinski definition) is 5. The molecule has 3 unspecified atom stereocenters. The lowest BCUT2D eigenvalue weighted by atomic mass is 9.70. The van der Waals surface area contributed by atoms with Crippen LogP contribution in [0, 0.1) is 33.6 Å². The molecule has 139 heavy (non-hydrogen) atoms. The van der Waals surface area contributed by atoms with Gasteiger partial charge in [0.2, 0.25) is 0 Å². The van der Waals surface area contributed by atoms with Crippen LogP contribution >= 0.6 is 0 Å². The number of unbranched alkanes of at least 4 members (excludes halogenated alkanes) is 21. The highest BCUT2D eigenvalue weighted by Crippen LogP contribution is 2.58. The predicted octanol–water partition coefficient (Wildman–Crippen LogP) is 37.6. The number of fused-ring (bicyclic) bond motifs is 15. The third-order valence-corrected chi connectivity index (χ3v) is 31.2. The molecule has 0 N–H and O–H groups in total. The Hall–Kier alpha value is -10.8. The zero-order valence-electron chi connectivity index (χ0n) is 87.6. The average molecular weight is 1860 g/mol. The largest absolute Gasteiger partial charge is 0.460 e. The first kappa shape index (κ1) is 104. The van der Waals surface area contributed by atoms with Crippen molar-refractivity contribution in [3.8, 4) is 44.5 Å². The summed E-state index contributed by atoms with van der Waals surface area (Å²) in [5.41, 5.74) is 34.0. The molecular weight excluding hydrogens is 1700 g/mol. The molecule has 2 aliphatic carbocycles. The van der Waals surface area contributed by atoms with E-state index in [0.29, 0.717) is 48.8 Å². The Labute approximate surface area is 835 Å². The van der Waals surface area contributed by atoms with E-state index in [-0.39, 0.29) is 36.0 Å². The first-order valence-corrected chi connectivity index (χ1v) is 54.6. The quantitative estimate of drug-likeness (QED) is 0.0216. The molecule has 0 bridgehead atoms. The summed E-state index contributed by atoms with van der Waals surface area (Å²) in [7, 11) is 0. The van der Waals surface area contributed by atoms with Crippen molar-refractivity contribution >= 4 is 77.4 Å². The number of hydrogen-bond donors (Lipinski definition) is 0. The molecule has 3 atom stereocenters. The van der Waals surface area contributed by atoms with Gasteiger partial charge in [-0.05, 0) is 256 Å². The van der Waals surface area contributed by atoms with Crippen molar-refractivity contribution in [1.82, 2.24) is 13.7 Å². The normalized spacial score (nSPS) is 13.4. The lowest BCUT2D eigenvalue weighted by Gasteiger charge is -2.33. The number of rotatable bonds is 51. The highest BCUT2D eigenvalue weighted by Gasteiger charge is 2.45. The average Bonchev–Trinajstić information content (AvgIpc) is 1.56. The molecule has 14 aromatic rings. The standard InChI is InChI=1S/C51H65NO3.C51H69N.C29H31NO2/c1-7-9-11-13-15-17-27-51(28-18-16-14-12-10-8-2)46-34-39(6)19-23-42(46)43-24-21-41(36-47(43)51)40-22-26-49-45(35-40)44-33-38(5)20-25-48(44)52(49)29-30-54-31-32-55-50(53)37(3)4;1-7-11-14-16-18-20-31-51(32-21-19-17-15-12-8-2)47-34-39(6)23-27-43(47)44-28-25-42(36-48(44)51)41-26-30-50-46(35-41)45-33-38(5)24-29-49(45)52(50)37-40(10-4)22-13-9-3;1-5-23(24-16-14-22(15-17-24)19-32-29(31)20(2)3)18-21(4)30-27-12-8-6-10-25(27)26-11-7-9-13-28(26)30/h19-26,33-36H,3,7-18,27-32H2,1-2,4-6H3;23-30,33-36,40H,7-22,31-32,37H2,1-6H3;6-17,21,23H,2,5,18-19H2,1,3-4H3. The zero-order chi connectivity index (χ0) is 98.0. The number of carbonyl (C=O) groups is 2. The van der Waals surface area contributed by atoms with Crippen LogP contribution < -0.4 is 0 Å². The Balaban J connectivity index is 0.000000172. The van der Waals surface area contributed by atoms with Gasteiger partial charge in [-0.15, -0.1) is 0 Å². The van der Waals surface area contributed by atoms with Gasteiger partial charge in [0.05, 0.1) is 13.2 Å². The van der Waals surface area contributed by atoms with E-state index in [1.807, 2.05) is 0 Å². The number of para-hydroxylation sites is 2. The van der Waals surface area contributed by atoms with Crippen molar-refractivity contribution in [1.29, 1.82) is 0 Å². The van der Waals surface area contributed by atoms with Gasteiger partial charge in [-0.3, -0.25) is 0 Å². The second-order valence-electron chi connectivity index (χ2n) is 41.8. The van der Waals surface area contributed by atoms with Gasteiger partial charge in [0.1, 0.15) is 13.2 Å². The van der Waals surface area contributed by atoms with Gasteiger partial charge in [0, 0.05) is 107 Å². The summed E-state index contributed by atoms with van der Waals surface area (Å²) in [5.74, 6) is 0.451. The van der Waals surface area contributed by atoms with Crippen molar-refractivity contribution in [2.24, 2.45) is 5.92 Å². The molecule has 0 radical (unpaired) electrons. The van der Waals surface area contributed by atoms with Crippen LogP contribution in [-0.4, -0.2) is 45.5 Å². The lowest BCUT2D eigenvalue weighted by Crippen LogP contribution is -2.25. The SMILES string of the molecule is C=C(C)C(=O)OCCOCCn1c2ccc(C)cc2c2cc(-c3ccc4c(c3)C(CCCCCCCC)(CCCCCCCC)c3cc(C)ccc3-4)ccc21.C=C(C)C(=O)OCc1ccc(C(CC)CC(C)n2c3ccccc3c3ccccc32)cc1.CCCCCCCCC1(CCCCCCCC)c2cc(C)ccc2-c2ccc(-c3ccc4c(c3)c3cc(C)ccc3n4CC(CC)CCCC)cc21. The van der Waals surface area contributed by atoms with Crippen molar-refractivity contribution in [3.63, 3.8) is 0 Å². The maximum Gasteiger partial charge on any atom is 0.333 e. The van der Waals surface area contributed by atoms with Crippen LogP contribution in [-0.2, 0) is 54.3 Å². The summed E-state index contributed by atoms with van der Waals surface area (Å²) in [6.07, 6.45) is 44.4. The molecule has 3 heterocycles. The molecule has 0 amide bonds. The number of aryl methyl sites for hydroxylation is 4. The highest BCUT2D eigenvalue weighted by atomic mass is 16.6. The van der Waals surface area contributed by atoms with Crippen LogP contribution in [0.4, 0.5) is 0 Å². The molecule has 0 aliphatic heterocycles. The van der Waals surface area contributed by atoms with Crippen LogP contribution in [0.1, 0.15) is 355 Å². The minimum atomic E-state index is -0.374. The Morgan fingerprint density at radius 2 is 0.712 bits per heavy atom. The molecule has 0 spiro atoms. The van der Waals surface area contributed by atoms with E-state index >= 15 is 0 Å². The van der Waals surface area contributed by atoms with E-state index in [0.717, 1.165) is 24.9 Å². The fourth-order valence-corrected chi connectivity index (χ4v) is 23.4. The minimum absolute atomic E-state index is 0.0578. The molecule has 8 heteroatoms. The number of aromatic nitrogens is 3. The van der Waals surface area contributed by atoms with Crippen LogP contribution in [0.5, 0.6) is 0 Å². The van der Waals surface area contributed by atoms with Crippen molar-refractivity contribution in [3.05, 3.63) is 298 Å². The molecule has 0 saturated carbocycles. The molecular formula is C131H165N3O5. The fourth-order valence-electron chi connectivity index (χ4n) is 23.4. The Kier molecular flexibility index (Phi) is 37.8. The van der Waals surface area contributed by atoms with E-state index in [2.05, 4.69) is 328 Å². The topological polar surface area (TPSA) is 76.6 Å². The Morgan fingerprint density at radius 1 is 0.345 bits per heavy atom. The van der Waals surface area contributed by atoms with Gasteiger partial charge in [0.15, 0.2) is 0 Å². The Morgan fingerprint density at radius 3 is 1.14 bits per heavy atom. The predicted molar refractivity (Wildman–Crippen MR) is 596 cm³/mol. The van der Waals surface area contributed by atoms with Crippen molar-refractivity contribution in [2.45, 2.75) is 358 Å². The van der Waals surface area contributed by atoms with Crippen LogP contribution in [0.25, 0.3) is 110 Å². The molecule has 0 fully saturated rings. The molecule has 8 nitrogen and oxygen atoms in total. The second-order valence-corrected chi connectivity index (χ2v) is 41.8. The number of esters is 2. The van der Waals surface area contributed by atoms with E-state index < -0.39 is 0 Å². The monoisotopic (exact) mass is 1860 g/mol. The van der Waals surface area contributed by atoms with E-state index in [1.54, 1.807) is 36.1 Å². The third kappa shape index (κ3) is 24.9. The minimum Gasteiger partial charge on any atom is -0.460 e. The molecule has 0 saturated heterocycles. The summed E-state index contributed by atoms with van der Waals surface area (Å²) in [6.45, 7) is 41.4. The van der Waals surface area contributed by atoms with Gasteiger partial charge in [0.25, 0.3) is 0 Å². The summed E-state index contributed by atoms with van der Waals surface area (Å²) in [6, 6.07) is 84.1. The van der Waals surface area contributed by atoms with E-state index in [9.17, 15) is 9.59 Å². The smallest absolute Gasteiger partial charge is 0.333 e. The van der Waals surface area contributed by atoms with Crippen LogP contribution in [0.15, 0.2) is 243 Å². The van der Waals surface area contributed by atoms with Crippen molar-refractivity contribution in [2.75, 3.05) is 19.8 Å². The fraction of sp³-hybridized carbons (Fsp3) is 0.450. The first-order chi connectivity index (χ1) is 67.7. The van der Waals surface area contributed by atoms with E-state index in [4.69, 9.17) is 14.2 Å². The summed E-state index contributed by atoms with van der Waals surface area (Å²) >= 11 is 0.